The van der Waals surface area contributed by atoms with Crippen LogP contribution >= 0.6 is 0 Å². The van der Waals surface area contributed by atoms with Crippen LogP contribution in [0.1, 0.15) is 35.7 Å². The number of carbonyl (C=O) groups excluding carboxylic acids is 2. The van der Waals surface area contributed by atoms with Crippen molar-refractivity contribution in [2.45, 2.75) is 32.2 Å². The predicted molar refractivity (Wildman–Crippen MR) is 81.2 cm³/mol. The third kappa shape index (κ3) is 2.78. The zero-order valence-corrected chi connectivity index (χ0v) is 12.3. The minimum atomic E-state index is -0.0681. The summed E-state index contributed by atoms with van der Waals surface area (Å²) in [5.74, 6) is 0.519. The molecule has 0 aromatic heterocycles. The summed E-state index contributed by atoms with van der Waals surface area (Å²) in [5, 5.41) is 3.03. The lowest BCUT2D eigenvalue weighted by Crippen LogP contribution is -2.41. The summed E-state index contributed by atoms with van der Waals surface area (Å²) >= 11 is 0. The molecule has 3 rings (SSSR count). The van der Waals surface area contributed by atoms with Crippen LogP contribution in [0.2, 0.25) is 0 Å². The Bertz CT molecular complexity index is 581. The Labute approximate surface area is 124 Å². The second-order valence-corrected chi connectivity index (χ2v) is 5.92. The van der Waals surface area contributed by atoms with Crippen LogP contribution in [-0.2, 0) is 11.2 Å². The number of amides is 2. The predicted octanol–water partition coefficient (Wildman–Crippen LogP) is 1.06. The van der Waals surface area contributed by atoms with Crippen molar-refractivity contribution in [2.24, 2.45) is 11.7 Å². The van der Waals surface area contributed by atoms with Gasteiger partial charge >= 0.3 is 0 Å². The molecule has 0 saturated heterocycles. The van der Waals surface area contributed by atoms with E-state index >= 15 is 0 Å². The van der Waals surface area contributed by atoms with Crippen molar-refractivity contribution in [1.29, 1.82) is 0 Å². The van der Waals surface area contributed by atoms with Crippen molar-refractivity contribution >= 4 is 17.5 Å². The first kappa shape index (κ1) is 14.1. The zero-order chi connectivity index (χ0) is 15.0. The molecule has 5 heteroatoms. The van der Waals surface area contributed by atoms with E-state index in [0.717, 1.165) is 30.5 Å². The van der Waals surface area contributed by atoms with E-state index in [2.05, 4.69) is 5.32 Å². The molecule has 1 unspecified atom stereocenters. The lowest BCUT2D eigenvalue weighted by molar-refractivity contribution is -0.116. The summed E-state index contributed by atoms with van der Waals surface area (Å²) in [7, 11) is 0. The number of hydrogen-bond acceptors (Lipinski definition) is 3. The molecule has 5 nitrogen and oxygen atoms in total. The SMILES string of the molecule is CC(=O)N1CCc2cc(C(=O)NC(CN)C3CC3)ccc21. The van der Waals surface area contributed by atoms with Gasteiger partial charge in [-0.15, -0.1) is 0 Å². The molecule has 1 aromatic carbocycles. The topological polar surface area (TPSA) is 75.4 Å². The van der Waals surface area contributed by atoms with Gasteiger partial charge < -0.3 is 16.0 Å². The molecule has 1 fully saturated rings. The molecule has 1 aliphatic carbocycles. The van der Waals surface area contributed by atoms with Crippen molar-refractivity contribution in [3.63, 3.8) is 0 Å². The fourth-order valence-electron chi connectivity index (χ4n) is 2.99. The lowest BCUT2D eigenvalue weighted by Gasteiger charge is -2.17. The minimum absolute atomic E-state index is 0.0443. The molecule has 1 atom stereocenters. The van der Waals surface area contributed by atoms with E-state index < -0.39 is 0 Å². The number of hydrogen-bond donors (Lipinski definition) is 2. The largest absolute Gasteiger partial charge is 0.348 e. The summed E-state index contributed by atoms with van der Waals surface area (Å²) in [6.45, 7) is 2.75. The molecule has 2 aliphatic rings. The molecule has 1 aromatic rings. The van der Waals surface area contributed by atoms with Crippen LogP contribution in [-0.4, -0.2) is 30.9 Å². The Morgan fingerprint density at radius 3 is 2.81 bits per heavy atom. The van der Waals surface area contributed by atoms with Crippen LogP contribution in [0.25, 0.3) is 0 Å². The van der Waals surface area contributed by atoms with Gasteiger partial charge in [-0.2, -0.15) is 0 Å². The summed E-state index contributed by atoms with van der Waals surface area (Å²) in [6.07, 6.45) is 3.11. The first-order valence-corrected chi connectivity index (χ1v) is 7.52. The first-order chi connectivity index (χ1) is 10.1. The molecule has 0 bridgehead atoms. The Kier molecular flexibility index (Phi) is 3.68. The monoisotopic (exact) mass is 287 g/mol. The van der Waals surface area contributed by atoms with E-state index in [9.17, 15) is 9.59 Å². The molecule has 3 N–H and O–H groups in total. The lowest BCUT2D eigenvalue weighted by atomic mass is 10.1. The number of carbonyl (C=O) groups is 2. The Morgan fingerprint density at radius 1 is 1.43 bits per heavy atom. The van der Waals surface area contributed by atoms with E-state index in [1.165, 1.54) is 0 Å². The van der Waals surface area contributed by atoms with E-state index in [1.807, 2.05) is 12.1 Å². The van der Waals surface area contributed by atoms with Crippen molar-refractivity contribution in [2.75, 3.05) is 18.0 Å². The van der Waals surface area contributed by atoms with E-state index in [0.29, 0.717) is 24.6 Å². The number of rotatable bonds is 4. The van der Waals surface area contributed by atoms with E-state index in [-0.39, 0.29) is 17.9 Å². The quantitative estimate of drug-likeness (QED) is 0.869. The maximum absolute atomic E-state index is 12.3. The fraction of sp³-hybridized carbons (Fsp3) is 0.500. The Morgan fingerprint density at radius 2 is 2.19 bits per heavy atom. The molecule has 21 heavy (non-hydrogen) atoms. The van der Waals surface area contributed by atoms with Crippen LogP contribution in [0, 0.1) is 5.92 Å². The second-order valence-electron chi connectivity index (χ2n) is 5.92. The van der Waals surface area contributed by atoms with Gasteiger partial charge in [-0.1, -0.05) is 0 Å². The van der Waals surface area contributed by atoms with Gasteiger partial charge in [-0.3, -0.25) is 9.59 Å². The van der Waals surface area contributed by atoms with Gasteiger partial charge in [-0.05, 0) is 48.9 Å². The smallest absolute Gasteiger partial charge is 0.251 e. The van der Waals surface area contributed by atoms with E-state index in [1.54, 1.807) is 17.9 Å². The molecular weight excluding hydrogens is 266 g/mol. The van der Waals surface area contributed by atoms with Gasteiger partial charge in [0.1, 0.15) is 0 Å². The van der Waals surface area contributed by atoms with Gasteiger partial charge in [0.15, 0.2) is 0 Å². The highest BCUT2D eigenvalue weighted by Crippen LogP contribution is 2.32. The highest BCUT2D eigenvalue weighted by atomic mass is 16.2. The summed E-state index contributed by atoms with van der Waals surface area (Å²) < 4.78 is 0. The Balaban J connectivity index is 1.75. The average Bonchev–Trinajstić information content (AvgIpc) is 3.22. The van der Waals surface area contributed by atoms with Crippen LogP contribution in [0.3, 0.4) is 0 Å². The third-order valence-electron chi connectivity index (χ3n) is 4.38. The maximum Gasteiger partial charge on any atom is 0.251 e. The van der Waals surface area contributed by atoms with Gasteiger partial charge in [0, 0.05) is 37.3 Å². The summed E-state index contributed by atoms with van der Waals surface area (Å²) in [6, 6.07) is 5.64. The van der Waals surface area contributed by atoms with Crippen LogP contribution in [0.4, 0.5) is 5.69 Å². The molecular formula is C16H21N3O2. The van der Waals surface area contributed by atoms with Crippen molar-refractivity contribution in [1.82, 2.24) is 5.32 Å². The molecule has 0 spiro atoms. The standard InChI is InChI=1S/C16H21N3O2/c1-10(20)19-7-6-12-8-13(4-5-15(12)19)16(21)18-14(9-17)11-2-3-11/h4-5,8,11,14H,2-3,6-7,9,17H2,1H3,(H,18,21). The van der Waals surface area contributed by atoms with Crippen molar-refractivity contribution in [3.8, 4) is 0 Å². The van der Waals surface area contributed by atoms with E-state index in [4.69, 9.17) is 5.73 Å². The molecule has 1 saturated carbocycles. The zero-order valence-electron chi connectivity index (χ0n) is 12.3. The molecule has 1 heterocycles. The number of fused-ring (bicyclic) bond motifs is 1. The molecule has 112 valence electrons. The number of nitrogens with one attached hydrogen (secondary N) is 1. The van der Waals surface area contributed by atoms with Gasteiger partial charge in [0.25, 0.3) is 5.91 Å². The van der Waals surface area contributed by atoms with Gasteiger partial charge in [0.05, 0.1) is 0 Å². The summed E-state index contributed by atoms with van der Waals surface area (Å²) in [4.78, 5) is 25.6. The average molecular weight is 287 g/mol. The van der Waals surface area contributed by atoms with Gasteiger partial charge in [0.2, 0.25) is 5.91 Å². The number of anilines is 1. The number of nitrogens with two attached hydrogens (primary N) is 1. The van der Waals surface area contributed by atoms with Crippen molar-refractivity contribution in [3.05, 3.63) is 29.3 Å². The highest BCUT2D eigenvalue weighted by molar-refractivity contribution is 5.98. The normalized spacial score (nSPS) is 18.3. The first-order valence-electron chi connectivity index (χ1n) is 7.52. The fourth-order valence-corrected chi connectivity index (χ4v) is 2.99. The Hall–Kier alpha value is -1.88. The maximum atomic E-state index is 12.3. The molecule has 0 radical (unpaired) electrons. The van der Waals surface area contributed by atoms with Crippen LogP contribution < -0.4 is 16.0 Å². The van der Waals surface area contributed by atoms with Gasteiger partial charge in [-0.25, -0.2) is 0 Å². The summed E-state index contributed by atoms with van der Waals surface area (Å²) in [5.41, 5.74) is 8.36. The molecule has 1 aliphatic heterocycles. The highest BCUT2D eigenvalue weighted by Gasteiger charge is 2.31. The number of nitrogens with zero attached hydrogens (tertiary/aromatic N) is 1. The van der Waals surface area contributed by atoms with Crippen molar-refractivity contribution < 1.29 is 9.59 Å². The second kappa shape index (κ2) is 5.48. The van der Waals surface area contributed by atoms with Crippen LogP contribution in [0.15, 0.2) is 18.2 Å². The number of benzene rings is 1. The third-order valence-corrected chi connectivity index (χ3v) is 4.38. The molecule has 2 amide bonds. The minimum Gasteiger partial charge on any atom is -0.348 e. The van der Waals surface area contributed by atoms with Crippen LogP contribution in [0.5, 0.6) is 0 Å².